The molecule has 2 aromatic heterocycles. The summed E-state index contributed by atoms with van der Waals surface area (Å²) in [5.74, 6) is -0.566. The highest BCUT2D eigenvalue weighted by molar-refractivity contribution is 6.07. The summed E-state index contributed by atoms with van der Waals surface area (Å²) in [6.45, 7) is 6.12. The monoisotopic (exact) mass is 407 g/mol. The Morgan fingerprint density at radius 3 is 2.53 bits per heavy atom. The quantitative estimate of drug-likeness (QED) is 0.494. The number of carbonyl (C=O) groups excluding carboxylic acids is 1. The second-order valence-corrected chi connectivity index (χ2v) is 7.59. The molecule has 0 aliphatic rings. The van der Waals surface area contributed by atoms with Crippen LogP contribution < -0.4 is 10.9 Å². The summed E-state index contributed by atoms with van der Waals surface area (Å²) in [4.78, 5) is 25.0. The number of aryl methyl sites for hydroxylation is 3. The van der Waals surface area contributed by atoms with Crippen molar-refractivity contribution in [2.75, 3.05) is 6.54 Å². The number of nitrogens with one attached hydrogen (secondary N) is 1. The Kier molecular flexibility index (Phi) is 5.16. The molecule has 0 aliphatic heterocycles. The molecule has 154 valence electrons. The number of fused-ring (bicyclic) bond motifs is 3. The second kappa shape index (κ2) is 7.78. The average Bonchev–Trinajstić information content (AvgIpc) is 3.08. The summed E-state index contributed by atoms with van der Waals surface area (Å²) in [7, 11) is 0. The molecule has 0 atom stereocenters. The van der Waals surface area contributed by atoms with Crippen LogP contribution in [0.2, 0.25) is 0 Å². The molecule has 0 aliphatic carbocycles. The van der Waals surface area contributed by atoms with E-state index in [-0.39, 0.29) is 18.1 Å². The van der Waals surface area contributed by atoms with Gasteiger partial charge in [0.15, 0.2) is 0 Å². The van der Waals surface area contributed by atoms with E-state index in [1.54, 1.807) is 18.4 Å². The van der Waals surface area contributed by atoms with Gasteiger partial charge in [0.25, 0.3) is 0 Å². The lowest BCUT2D eigenvalue weighted by Crippen LogP contribution is -2.29. The lowest BCUT2D eigenvalue weighted by molar-refractivity contribution is -0.120. The summed E-state index contributed by atoms with van der Waals surface area (Å²) in [6.07, 6.45) is 2.18. The molecular weight excluding hydrogens is 385 g/mol. The van der Waals surface area contributed by atoms with E-state index in [9.17, 15) is 14.0 Å². The van der Waals surface area contributed by atoms with Crippen molar-refractivity contribution in [2.24, 2.45) is 0 Å². The maximum atomic E-state index is 13.0. The lowest BCUT2D eigenvalue weighted by Gasteiger charge is -2.10. The van der Waals surface area contributed by atoms with Crippen molar-refractivity contribution in [3.63, 3.8) is 0 Å². The standard InChI is InChI=1S/C24H22FNO4/c1-13-10-19-22(23-21(13)14(2)12-29-23)15(3)18(24(28)30-19)11-20(27)26-9-8-16-4-6-17(25)7-5-16/h4-7,10,12H,8-9,11H2,1-3H3,(H,26,27). The van der Waals surface area contributed by atoms with Gasteiger partial charge in [0.1, 0.15) is 17.0 Å². The molecule has 2 aromatic carbocycles. The molecule has 0 unspecified atom stereocenters. The summed E-state index contributed by atoms with van der Waals surface area (Å²) in [5, 5.41) is 4.52. The molecule has 0 saturated carbocycles. The van der Waals surface area contributed by atoms with Gasteiger partial charge in [-0.2, -0.15) is 0 Å². The third-order valence-electron chi connectivity index (χ3n) is 5.45. The van der Waals surface area contributed by atoms with Crippen LogP contribution in [0.15, 0.2) is 50.2 Å². The molecule has 4 aromatic rings. The van der Waals surface area contributed by atoms with Gasteiger partial charge >= 0.3 is 5.63 Å². The van der Waals surface area contributed by atoms with Gasteiger partial charge in [0.05, 0.1) is 23.6 Å². The zero-order valence-corrected chi connectivity index (χ0v) is 17.1. The first kappa shape index (κ1) is 19.9. The van der Waals surface area contributed by atoms with Crippen molar-refractivity contribution in [1.29, 1.82) is 0 Å². The third-order valence-corrected chi connectivity index (χ3v) is 5.45. The van der Waals surface area contributed by atoms with Gasteiger partial charge in [-0.15, -0.1) is 0 Å². The Balaban J connectivity index is 1.58. The molecule has 30 heavy (non-hydrogen) atoms. The van der Waals surface area contributed by atoms with Crippen molar-refractivity contribution in [3.8, 4) is 0 Å². The molecule has 1 amide bonds. The first-order chi connectivity index (χ1) is 14.3. The Morgan fingerprint density at radius 1 is 1.07 bits per heavy atom. The Morgan fingerprint density at radius 2 is 1.80 bits per heavy atom. The molecule has 0 radical (unpaired) electrons. The van der Waals surface area contributed by atoms with Crippen LogP contribution in [0.25, 0.3) is 21.9 Å². The largest absolute Gasteiger partial charge is 0.463 e. The molecule has 1 N–H and O–H groups in total. The summed E-state index contributed by atoms with van der Waals surface area (Å²) in [6, 6.07) is 7.98. The van der Waals surface area contributed by atoms with Gasteiger partial charge in [0.2, 0.25) is 5.91 Å². The molecule has 4 rings (SSSR count). The fraction of sp³-hybridized carbons (Fsp3) is 0.250. The van der Waals surface area contributed by atoms with E-state index in [2.05, 4.69) is 5.32 Å². The number of rotatable bonds is 5. The molecule has 6 heteroatoms. The first-order valence-electron chi connectivity index (χ1n) is 9.80. The maximum absolute atomic E-state index is 13.0. The second-order valence-electron chi connectivity index (χ2n) is 7.59. The Hall–Kier alpha value is -3.41. The fourth-order valence-electron chi connectivity index (χ4n) is 3.90. The topological polar surface area (TPSA) is 72.5 Å². The minimum Gasteiger partial charge on any atom is -0.463 e. The molecule has 0 fully saturated rings. The smallest absolute Gasteiger partial charge is 0.340 e. The number of halogens is 1. The van der Waals surface area contributed by atoms with E-state index in [4.69, 9.17) is 8.83 Å². The minimum absolute atomic E-state index is 0.0808. The van der Waals surface area contributed by atoms with Crippen molar-refractivity contribution >= 4 is 27.8 Å². The van der Waals surface area contributed by atoms with Crippen LogP contribution in [0, 0.1) is 26.6 Å². The van der Waals surface area contributed by atoms with Gasteiger partial charge < -0.3 is 14.2 Å². The summed E-state index contributed by atoms with van der Waals surface area (Å²) >= 11 is 0. The van der Waals surface area contributed by atoms with Crippen LogP contribution in [-0.4, -0.2) is 12.5 Å². The Bertz CT molecular complexity index is 1320. The van der Waals surface area contributed by atoms with Crippen LogP contribution in [0.5, 0.6) is 0 Å². The predicted molar refractivity (Wildman–Crippen MR) is 113 cm³/mol. The number of hydrogen-bond acceptors (Lipinski definition) is 4. The zero-order chi connectivity index (χ0) is 21.4. The van der Waals surface area contributed by atoms with Crippen LogP contribution in [0.1, 0.15) is 27.8 Å². The van der Waals surface area contributed by atoms with E-state index in [0.717, 1.165) is 27.5 Å². The van der Waals surface area contributed by atoms with Crippen molar-refractivity contribution in [3.05, 3.63) is 80.6 Å². The van der Waals surface area contributed by atoms with Crippen LogP contribution in [0.3, 0.4) is 0 Å². The SMILES string of the molecule is Cc1coc2c1c(C)cc1oc(=O)c(CC(=O)NCCc3ccc(F)cc3)c(C)c12. The first-order valence-corrected chi connectivity index (χ1v) is 9.80. The fourth-order valence-corrected chi connectivity index (χ4v) is 3.90. The normalized spacial score (nSPS) is 11.3. The van der Waals surface area contributed by atoms with Crippen molar-refractivity contribution in [2.45, 2.75) is 33.6 Å². The minimum atomic E-state index is -0.518. The van der Waals surface area contributed by atoms with Crippen molar-refractivity contribution in [1.82, 2.24) is 5.32 Å². The van der Waals surface area contributed by atoms with E-state index in [1.807, 2.05) is 26.8 Å². The highest BCUT2D eigenvalue weighted by atomic mass is 19.1. The van der Waals surface area contributed by atoms with E-state index in [0.29, 0.717) is 35.3 Å². The molecule has 5 nitrogen and oxygen atoms in total. The molecular formula is C24H22FNO4. The van der Waals surface area contributed by atoms with Gasteiger partial charge in [-0.1, -0.05) is 12.1 Å². The zero-order valence-electron chi connectivity index (χ0n) is 17.1. The van der Waals surface area contributed by atoms with E-state index < -0.39 is 5.63 Å². The molecule has 2 heterocycles. The highest BCUT2D eigenvalue weighted by Gasteiger charge is 2.19. The summed E-state index contributed by atoms with van der Waals surface area (Å²) in [5.41, 5.74) is 4.52. The van der Waals surface area contributed by atoms with E-state index >= 15 is 0 Å². The van der Waals surface area contributed by atoms with Crippen LogP contribution >= 0.6 is 0 Å². The lowest BCUT2D eigenvalue weighted by atomic mass is 9.99. The van der Waals surface area contributed by atoms with E-state index in [1.165, 1.54) is 12.1 Å². The van der Waals surface area contributed by atoms with Crippen molar-refractivity contribution < 1.29 is 18.0 Å². The maximum Gasteiger partial charge on any atom is 0.340 e. The molecule has 0 saturated heterocycles. The number of furan rings is 1. The van der Waals surface area contributed by atoms with Gasteiger partial charge in [-0.3, -0.25) is 4.79 Å². The number of carbonyl (C=O) groups is 1. The Labute approximate surface area is 172 Å². The number of amides is 1. The summed E-state index contributed by atoms with van der Waals surface area (Å²) < 4.78 is 24.3. The van der Waals surface area contributed by atoms with Gasteiger partial charge in [-0.25, -0.2) is 9.18 Å². The number of benzene rings is 2. The van der Waals surface area contributed by atoms with Gasteiger partial charge in [-0.05, 0) is 67.6 Å². The molecule has 0 bridgehead atoms. The highest BCUT2D eigenvalue weighted by Crippen LogP contribution is 2.34. The molecule has 0 spiro atoms. The average molecular weight is 407 g/mol. The number of hydrogen-bond donors (Lipinski definition) is 1. The van der Waals surface area contributed by atoms with Crippen LogP contribution in [0.4, 0.5) is 4.39 Å². The van der Waals surface area contributed by atoms with Gasteiger partial charge in [0, 0.05) is 11.9 Å². The third kappa shape index (κ3) is 3.61. The van der Waals surface area contributed by atoms with Crippen LogP contribution in [-0.2, 0) is 17.6 Å². The predicted octanol–water partition coefficient (Wildman–Crippen LogP) is 4.50.